The van der Waals surface area contributed by atoms with E-state index in [4.69, 9.17) is 9.52 Å². The summed E-state index contributed by atoms with van der Waals surface area (Å²) in [5, 5.41) is 8.95. The second-order valence-electron chi connectivity index (χ2n) is 3.65. The lowest BCUT2D eigenvalue weighted by Crippen LogP contribution is -2.05. The molecule has 94 valence electrons. The van der Waals surface area contributed by atoms with Gasteiger partial charge in [-0.3, -0.25) is 4.79 Å². The zero-order valence-electron chi connectivity index (χ0n) is 9.37. The molecule has 17 heavy (non-hydrogen) atoms. The number of aromatic carboxylic acids is 1. The first-order valence-corrected chi connectivity index (χ1v) is 5.07. The molecule has 1 N–H and O–H groups in total. The van der Waals surface area contributed by atoms with E-state index in [9.17, 15) is 18.4 Å². The summed E-state index contributed by atoms with van der Waals surface area (Å²) in [5.74, 6) is -2.71. The molecule has 1 rings (SSSR count). The van der Waals surface area contributed by atoms with Gasteiger partial charge >= 0.3 is 5.97 Å². The van der Waals surface area contributed by atoms with Crippen LogP contribution in [0, 0.1) is 0 Å². The monoisotopic (exact) mass is 246 g/mol. The summed E-state index contributed by atoms with van der Waals surface area (Å²) in [6, 6.07) is 0. The molecule has 1 atom stereocenters. The van der Waals surface area contributed by atoms with Crippen molar-refractivity contribution in [3.63, 3.8) is 0 Å². The summed E-state index contributed by atoms with van der Waals surface area (Å²) in [4.78, 5) is 21.7. The average molecular weight is 246 g/mol. The first kappa shape index (κ1) is 13.3. The summed E-state index contributed by atoms with van der Waals surface area (Å²) in [6.45, 7) is 3.41. The third-order valence-corrected chi connectivity index (χ3v) is 2.59. The Morgan fingerprint density at radius 3 is 2.41 bits per heavy atom. The van der Waals surface area contributed by atoms with Crippen LogP contribution in [0.25, 0.3) is 0 Å². The quantitative estimate of drug-likeness (QED) is 0.810. The average Bonchev–Trinajstić information content (AvgIpc) is 2.67. The molecule has 1 heterocycles. The van der Waals surface area contributed by atoms with Crippen molar-refractivity contribution in [3.8, 4) is 0 Å². The molecule has 0 bridgehead atoms. The Bertz CT molecular complexity index is 437. The number of carbonyl (C=O) groups is 2. The molecule has 0 aliphatic heterocycles. The maximum Gasteiger partial charge on any atom is 0.340 e. The standard InChI is InChI=1S/C11H12F2O4/c1-3-5(2)8-7(11(15)16)6(4-14)9(17-8)10(12)13/h4-5,10H,3H2,1-2H3,(H,15,16). The Balaban J connectivity index is 3.49. The van der Waals surface area contributed by atoms with Gasteiger partial charge in [-0.2, -0.15) is 0 Å². The minimum absolute atomic E-state index is 0.0719. The molecule has 1 unspecified atom stereocenters. The van der Waals surface area contributed by atoms with Crippen molar-refractivity contribution in [1.82, 2.24) is 0 Å². The molecule has 0 radical (unpaired) electrons. The van der Waals surface area contributed by atoms with Crippen molar-refractivity contribution in [3.05, 3.63) is 22.6 Å². The summed E-state index contributed by atoms with van der Waals surface area (Å²) < 4.78 is 30.0. The largest absolute Gasteiger partial charge is 0.478 e. The normalized spacial score (nSPS) is 12.8. The van der Waals surface area contributed by atoms with Gasteiger partial charge in [0.15, 0.2) is 12.0 Å². The SMILES string of the molecule is CCC(C)c1oc(C(F)F)c(C=O)c1C(=O)O. The van der Waals surface area contributed by atoms with Crippen molar-refractivity contribution in [2.45, 2.75) is 32.6 Å². The van der Waals surface area contributed by atoms with Gasteiger partial charge in [0.1, 0.15) is 11.3 Å². The smallest absolute Gasteiger partial charge is 0.340 e. The molecule has 0 aliphatic carbocycles. The van der Waals surface area contributed by atoms with E-state index >= 15 is 0 Å². The Morgan fingerprint density at radius 2 is 2.06 bits per heavy atom. The number of hydrogen-bond donors (Lipinski definition) is 1. The lowest BCUT2D eigenvalue weighted by Gasteiger charge is -2.05. The van der Waals surface area contributed by atoms with E-state index in [1.54, 1.807) is 13.8 Å². The molecular formula is C11H12F2O4. The second-order valence-corrected chi connectivity index (χ2v) is 3.65. The second kappa shape index (κ2) is 5.07. The predicted octanol–water partition coefficient (Wildman–Crippen LogP) is 3.24. The lowest BCUT2D eigenvalue weighted by molar-refractivity contribution is 0.0691. The van der Waals surface area contributed by atoms with Crippen molar-refractivity contribution >= 4 is 12.3 Å². The predicted molar refractivity (Wildman–Crippen MR) is 54.7 cm³/mol. The Labute approximate surface area is 96.2 Å². The maximum atomic E-state index is 12.6. The fourth-order valence-corrected chi connectivity index (χ4v) is 1.51. The molecule has 0 fully saturated rings. The van der Waals surface area contributed by atoms with Gasteiger partial charge in [-0.25, -0.2) is 13.6 Å². The maximum absolute atomic E-state index is 12.6. The molecule has 1 aromatic rings. The van der Waals surface area contributed by atoms with Crippen molar-refractivity contribution in [2.24, 2.45) is 0 Å². The van der Waals surface area contributed by atoms with Crippen LogP contribution < -0.4 is 0 Å². The van der Waals surface area contributed by atoms with Crippen LogP contribution in [0.4, 0.5) is 8.78 Å². The van der Waals surface area contributed by atoms with Gasteiger partial charge in [-0.05, 0) is 6.42 Å². The number of alkyl halides is 2. The van der Waals surface area contributed by atoms with Crippen LogP contribution in [0.2, 0.25) is 0 Å². The van der Waals surface area contributed by atoms with Gasteiger partial charge in [-0.15, -0.1) is 0 Å². The molecule has 0 spiro atoms. The zero-order chi connectivity index (χ0) is 13.2. The minimum atomic E-state index is -3.01. The molecule has 0 amide bonds. The molecular weight excluding hydrogens is 234 g/mol. The van der Waals surface area contributed by atoms with Crippen LogP contribution >= 0.6 is 0 Å². The number of furan rings is 1. The van der Waals surface area contributed by atoms with Crippen molar-refractivity contribution in [2.75, 3.05) is 0 Å². The Hall–Kier alpha value is -1.72. The molecule has 0 aliphatic rings. The topological polar surface area (TPSA) is 67.5 Å². The number of hydrogen-bond acceptors (Lipinski definition) is 3. The van der Waals surface area contributed by atoms with Gasteiger partial charge in [0.25, 0.3) is 6.43 Å². The van der Waals surface area contributed by atoms with Gasteiger partial charge in [-0.1, -0.05) is 13.8 Å². The third kappa shape index (κ3) is 2.35. The molecule has 0 saturated heterocycles. The van der Waals surface area contributed by atoms with Gasteiger partial charge < -0.3 is 9.52 Å². The van der Waals surface area contributed by atoms with E-state index in [-0.39, 0.29) is 18.0 Å². The number of rotatable bonds is 5. The lowest BCUT2D eigenvalue weighted by atomic mass is 9.99. The Kier molecular flexibility index (Phi) is 3.98. The number of carboxylic acid groups (broad SMARTS) is 1. The van der Waals surface area contributed by atoms with Crippen LogP contribution in [0.3, 0.4) is 0 Å². The molecule has 4 nitrogen and oxygen atoms in total. The molecule has 1 aromatic heterocycles. The molecule has 0 saturated carbocycles. The fraction of sp³-hybridized carbons (Fsp3) is 0.455. The van der Waals surface area contributed by atoms with E-state index in [2.05, 4.69) is 0 Å². The van der Waals surface area contributed by atoms with E-state index in [0.29, 0.717) is 6.42 Å². The fourth-order valence-electron chi connectivity index (χ4n) is 1.51. The Morgan fingerprint density at radius 1 is 1.47 bits per heavy atom. The van der Waals surface area contributed by atoms with Crippen LogP contribution in [0.1, 0.15) is 64.8 Å². The molecule has 6 heteroatoms. The van der Waals surface area contributed by atoms with Gasteiger partial charge in [0.2, 0.25) is 0 Å². The number of carboxylic acids is 1. The zero-order valence-corrected chi connectivity index (χ0v) is 9.37. The summed E-state index contributed by atoms with van der Waals surface area (Å²) in [7, 11) is 0. The van der Waals surface area contributed by atoms with Gasteiger partial charge in [0, 0.05) is 5.92 Å². The van der Waals surface area contributed by atoms with E-state index in [1.165, 1.54) is 0 Å². The highest BCUT2D eigenvalue weighted by molar-refractivity contribution is 5.99. The van der Waals surface area contributed by atoms with Crippen LogP contribution in [0.15, 0.2) is 4.42 Å². The minimum Gasteiger partial charge on any atom is -0.478 e. The van der Waals surface area contributed by atoms with Crippen molar-refractivity contribution < 1.29 is 27.9 Å². The summed E-state index contributed by atoms with van der Waals surface area (Å²) in [6.07, 6.45) is -2.39. The van der Waals surface area contributed by atoms with E-state index in [0.717, 1.165) is 0 Å². The summed E-state index contributed by atoms with van der Waals surface area (Å²) in [5.41, 5.74) is -1.02. The summed E-state index contributed by atoms with van der Waals surface area (Å²) >= 11 is 0. The van der Waals surface area contributed by atoms with E-state index < -0.39 is 29.3 Å². The van der Waals surface area contributed by atoms with Crippen LogP contribution in [-0.2, 0) is 0 Å². The highest BCUT2D eigenvalue weighted by atomic mass is 19.3. The van der Waals surface area contributed by atoms with Crippen LogP contribution in [-0.4, -0.2) is 17.4 Å². The first-order valence-electron chi connectivity index (χ1n) is 5.07. The number of halogens is 2. The number of aldehydes is 1. The molecule has 0 aromatic carbocycles. The van der Waals surface area contributed by atoms with Crippen molar-refractivity contribution in [1.29, 1.82) is 0 Å². The van der Waals surface area contributed by atoms with E-state index in [1.807, 2.05) is 0 Å². The highest BCUT2D eigenvalue weighted by Gasteiger charge is 2.31. The first-order chi connectivity index (χ1) is 7.93. The van der Waals surface area contributed by atoms with Crippen LogP contribution in [0.5, 0.6) is 0 Å². The number of carbonyl (C=O) groups excluding carboxylic acids is 1. The third-order valence-electron chi connectivity index (χ3n) is 2.59. The van der Waals surface area contributed by atoms with Gasteiger partial charge in [0.05, 0.1) is 5.56 Å². The highest BCUT2D eigenvalue weighted by Crippen LogP contribution is 2.34.